The molecule has 1 fully saturated rings. The summed E-state index contributed by atoms with van der Waals surface area (Å²) in [6, 6.07) is 5.73. The summed E-state index contributed by atoms with van der Waals surface area (Å²) in [4.78, 5) is 12.4. The first-order chi connectivity index (χ1) is 14.7. The van der Waals surface area contributed by atoms with Crippen LogP contribution in [0.2, 0.25) is 5.02 Å². The van der Waals surface area contributed by atoms with Crippen LogP contribution >= 0.6 is 11.6 Å². The lowest BCUT2D eigenvalue weighted by Gasteiger charge is -2.30. The summed E-state index contributed by atoms with van der Waals surface area (Å²) < 4.78 is 46.2. The van der Waals surface area contributed by atoms with Crippen molar-refractivity contribution in [2.45, 2.75) is 29.9 Å². The third-order valence-electron chi connectivity index (χ3n) is 5.34. The lowest BCUT2D eigenvalue weighted by atomic mass is 9.91. The van der Waals surface area contributed by atoms with Crippen molar-refractivity contribution in [2.75, 3.05) is 25.0 Å². The Morgan fingerprint density at radius 1 is 1.26 bits per heavy atom. The van der Waals surface area contributed by atoms with Gasteiger partial charge in [0.25, 0.3) is 10.0 Å². The Kier molecular flexibility index (Phi) is 5.82. The first-order valence-corrected chi connectivity index (χ1v) is 11.5. The number of rotatable bonds is 5. The van der Waals surface area contributed by atoms with Gasteiger partial charge >= 0.3 is 5.97 Å². The minimum absolute atomic E-state index is 0.00425. The number of allylic oxidation sites excluding steroid dienone is 1. The minimum atomic E-state index is -4.01. The van der Waals surface area contributed by atoms with E-state index < -0.39 is 21.8 Å². The second-order valence-corrected chi connectivity index (χ2v) is 9.41. The number of ether oxygens (including phenoxy) is 3. The fourth-order valence-corrected chi connectivity index (χ4v) is 4.97. The molecule has 4 rings (SSSR count). The van der Waals surface area contributed by atoms with Crippen LogP contribution in [0.25, 0.3) is 5.57 Å². The highest BCUT2D eigenvalue weighted by atomic mass is 35.5. The van der Waals surface area contributed by atoms with Gasteiger partial charge < -0.3 is 14.2 Å². The van der Waals surface area contributed by atoms with Gasteiger partial charge in [-0.1, -0.05) is 17.7 Å². The molecule has 1 spiro atoms. The zero-order chi connectivity index (χ0) is 22.2. The van der Waals surface area contributed by atoms with Gasteiger partial charge in [-0.05, 0) is 36.3 Å². The summed E-state index contributed by atoms with van der Waals surface area (Å²) in [5.41, 5.74) is 1.24. The second kappa shape index (κ2) is 8.27. The molecular formula is C20H22ClN3O6S. The standard InChI is InChI=1S/C20H22ClN3O6S/c1-24-18(19(25)28-2)17(23-31(26,27)15-5-3-14(21)4-6-15)16(22-24)13-7-9-20(10-8-13)29-11-12-30-20/h3-7,23H,8-12H2,1-2H3. The number of benzene rings is 1. The zero-order valence-corrected chi connectivity index (χ0v) is 18.6. The number of hydrogen-bond acceptors (Lipinski definition) is 7. The maximum atomic E-state index is 13.0. The van der Waals surface area contributed by atoms with Crippen LogP contribution in [0.5, 0.6) is 0 Å². The zero-order valence-electron chi connectivity index (χ0n) is 17.1. The third kappa shape index (κ3) is 4.20. The molecule has 1 aliphatic heterocycles. The third-order valence-corrected chi connectivity index (χ3v) is 6.96. The molecule has 9 nitrogen and oxygen atoms in total. The number of halogens is 1. The quantitative estimate of drug-likeness (QED) is 0.673. The van der Waals surface area contributed by atoms with Crippen LogP contribution in [0.1, 0.15) is 35.4 Å². The molecule has 0 amide bonds. The van der Waals surface area contributed by atoms with Crippen molar-refractivity contribution in [3.63, 3.8) is 0 Å². The molecule has 1 aliphatic carbocycles. The van der Waals surface area contributed by atoms with E-state index in [1.165, 1.54) is 36.1 Å². The predicted molar refractivity (Wildman–Crippen MR) is 113 cm³/mol. The van der Waals surface area contributed by atoms with Crippen LogP contribution in [0.4, 0.5) is 5.69 Å². The molecule has 2 heterocycles. The van der Waals surface area contributed by atoms with Gasteiger partial charge in [0.2, 0.25) is 0 Å². The number of anilines is 1. The van der Waals surface area contributed by atoms with E-state index in [0.29, 0.717) is 43.2 Å². The van der Waals surface area contributed by atoms with E-state index >= 15 is 0 Å². The Hall–Kier alpha value is -2.40. The number of carbonyl (C=O) groups excluding carboxylic acids is 1. The van der Waals surface area contributed by atoms with Crippen LogP contribution < -0.4 is 4.72 Å². The van der Waals surface area contributed by atoms with Gasteiger partial charge in [-0.25, -0.2) is 13.2 Å². The summed E-state index contributed by atoms with van der Waals surface area (Å²) in [5.74, 6) is -1.34. The number of hydrogen-bond donors (Lipinski definition) is 1. The van der Waals surface area contributed by atoms with E-state index in [4.69, 9.17) is 25.8 Å². The van der Waals surface area contributed by atoms with Gasteiger partial charge in [-0.15, -0.1) is 0 Å². The summed E-state index contributed by atoms with van der Waals surface area (Å²) in [5, 5.41) is 4.84. The topological polar surface area (TPSA) is 109 Å². The molecule has 0 saturated carbocycles. The summed E-state index contributed by atoms with van der Waals surface area (Å²) in [6.07, 6.45) is 3.58. The summed E-state index contributed by atoms with van der Waals surface area (Å²) in [7, 11) is -1.22. The molecule has 11 heteroatoms. The van der Waals surface area contributed by atoms with Crippen molar-refractivity contribution in [3.05, 3.63) is 46.8 Å². The summed E-state index contributed by atoms with van der Waals surface area (Å²) >= 11 is 5.87. The van der Waals surface area contributed by atoms with Crippen molar-refractivity contribution in [3.8, 4) is 0 Å². The maximum absolute atomic E-state index is 13.0. The van der Waals surface area contributed by atoms with E-state index in [1.807, 2.05) is 6.08 Å². The number of sulfonamides is 1. The molecule has 166 valence electrons. The molecule has 0 bridgehead atoms. The molecule has 1 N–H and O–H groups in total. The number of carbonyl (C=O) groups is 1. The minimum Gasteiger partial charge on any atom is -0.464 e. The molecule has 0 unspecified atom stereocenters. The Labute approximate surface area is 185 Å². The van der Waals surface area contributed by atoms with Crippen molar-refractivity contribution in [1.29, 1.82) is 0 Å². The number of esters is 1. The average Bonchev–Trinajstić information content (AvgIpc) is 3.32. The molecule has 0 radical (unpaired) electrons. The normalized spacial score (nSPS) is 18.1. The van der Waals surface area contributed by atoms with E-state index in [9.17, 15) is 13.2 Å². The summed E-state index contributed by atoms with van der Waals surface area (Å²) in [6.45, 7) is 1.09. The fraction of sp³-hybridized carbons (Fsp3) is 0.400. The highest BCUT2D eigenvalue weighted by molar-refractivity contribution is 7.92. The molecular weight excluding hydrogens is 446 g/mol. The van der Waals surface area contributed by atoms with Crippen LogP contribution in [0.3, 0.4) is 0 Å². The monoisotopic (exact) mass is 467 g/mol. The first-order valence-electron chi connectivity index (χ1n) is 9.66. The molecule has 2 aromatic rings. The fourth-order valence-electron chi connectivity index (χ4n) is 3.77. The smallest absolute Gasteiger partial charge is 0.358 e. The highest BCUT2D eigenvalue weighted by Crippen LogP contribution is 2.40. The van der Waals surface area contributed by atoms with Crippen LogP contribution in [0.15, 0.2) is 35.2 Å². The largest absolute Gasteiger partial charge is 0.464 e. The number of nitrogens with zero attached hydrogens (tertiary/aromatic N) is 2. The highest BCUT2D eigenvalue weighted by Gasteiger charge is 2.39. The van der Waals surface area contributed by atoms with Crippen molar-refractivity contribution in [1.82, 2.24) is 9.78 Å². The van der Waals surface area contributed by atoms with Gasteiger partial charge in [0.15, 0.2) is 11.5 Å². The number of aromatic nitrogens is 2. The van der Waals surface area contributed by atoms with Crippen LogP contribution in [-0.4, -0.2) is 50.3 Å². The van der Waals surface area contributed by atoms with Crippen LogP contribution in [-0.2, 0) is 31.3 Å². The van der Waals surface area contributed by atoms with Gasteiger partial charge in [0.1, 0.15) is 11.4 Å². The van der Waals surface area contributed by atoms with Gasteiger partial charge in [0.05, 0.1) is 25.2 Å². The van der Waals surface area contributed by atoms with E-state index in [2.05, 4.69) is 9.82 Å². The number of nitrogens with one attached hydrogen (secondary N) is 1. The second-order valence-electron chi connectivity index (χ2n) is 7.29. The first kappa shape index (κ1) is 21.8. The van der Waals surface area contributed by atoms with Gasteiger partial charge in [-0.2, -0.15) is 5.10 Å². The molecule has 0 atom stereocenters. The van der Waals surface area contributed by atoms with Crippen molar-refractivity contribution >= 4 is 38.9 Å². The molecule has 2 aliphatic rings. The van der Waals surface area contributed by atoms with Crippen molar-refractivity contribution in [2.24, 2.45) is 7.05 Å². The van der Waals surface area contributed by atoms with Crippen molar-refractivity contribution < 1.29 is 27.4 Å². The van der Waals surface area contributed by atoms with Gasteiger partial charge in [-0.3, -0.25) is 9.40 Å². The predicted octanol–water partition coefficient (Wildman–Crippen LogP) is 2.97. The Balaban J connectivity index is 1.74. The van der Waals surface area contributed by atoms with E-state index in [-0.39, 0.29) is 16.3 Å². The van der Waals surface area contributed by atoms with E-state index in [1.54, 1.807) is 7.05 Å². The van der Waals surface area contributed by atoms with Crippen LogP contribution in [0, 0.1) is 0 Å². The number of methoxy groups -OCH3 is 1. The molecule has 1 aromatic carbocycles. The number of aryl methyl sites for hydroxylation is 1. The molecule has 1 saturated heterocycles. The SMILES string of the molecule is COC(=O)c1c(NS(=O)(=O)c2ccc(Cl)cc2)c(C2=CCC3(CC2)OCCO3)nn1C. The molecule has 1 aromatic heterocycles. The Morgan fingerprint density at radius 3 is 2.52 bits per heavy atom. The maximum Gasteiger partial charge on any atom is 0.358 e. The van der Waals surface area contributed by atoms with Gasteiger partial charge in [0, 0.05) is 24.9 Å². The van der Waals surface area contributed by atoms with E-state index in [0.717, 1.165) is 5.57 Å². The Bertz CT molecular complexity index is 1130. The lowest BCUT2D eigenvalue weighted by Crippen LogP contribution is -2.31. The molecule has 31 heavy (non-hydrogen) atoms. The Morgan fingerprint density at radius 2 is 1.94 bits per heavy atom. The lowest BCUT2D eigenvalue weighted by molar-refractivity contribution is -0.159. The average molecular weight is 468 g/mol.